The molecule has 4 rings (SSSR count). The lowest BCUT2D eigenvalue weighted by atomic mass is 10.0. The number of benzene rings is 4. The molecule has 0 radical (unpaired) electrons. The fourth-order valence-electron chi connectivity index (χ4n) is 3.78. The molecular formula is C29H21Cl3N2O4. The number of nitrogens with zero attached hydrogens (tertiary/aromatic N) is 1. The lowest BCUT2D eigenvalue weighted by Gasteiger charge is -2.14. The molecule has 0 atom stereocenters. The third kappa shape index (κ3) is 5.98. The molecule has 0 spiro atoms. The van der Waals surface area contributed by atoms with Crippen LogP contribution in [0.15, 0.2) is 72.3 Å². The molecule has 0 saturated carbocycles. The number of carbonyl (C=O) groups excluding carboxylic acids is 1. The van der Waals surface area contributed by atoms with E-state index >= 15 is 0 Å². The van der Waals surface area contributed by atoms with Crippen LogP contribution in [0.1, 0.15) is 11.1 Å². The summed E-state index contributed by atoms with van der Waals surface area (Å²) >= 11 is 18.3. The fraction of sp³-hybridized carbons (Fsp3) is 0.103. The van der Waals surface area contributed by atoms with Gasteiger partial charge in [0.25, 0.3) is 5.91 Å². The molecule has 0 saturated heterocycles. The van der Waals surface area contributed by atoms with Crippen molar-refractivity contribution < 1.29 is 19.0 Å². The number of nitriles is 1. The number of hydrogen-bond donors (Lipinski definition) is 1. The average Bonchev–Trinajstić information content (AvgIpc) is 2.93. The number of halogens is 3. The second kappa shape index (κ2) is 12.1. The molecule has 1 N–H and O–H groups in total. The minimum absolute atomic E-state index is 0.142. The Morgan fingerprint density at radius 2 is 1.66 bits per heavy atom. The van der Waals surface area contributed by atoms with Crippen molar-refractivity contribution in [3.8, 4) is 23.3 Å². The van der Waals surface area contributed by atoms with Crippen LogP contribution in [0.3, 0.4) is 0 Å². The van der Waals surface area contributed by atoms with Crippen LogP contribution in [-0.2, 0) is 11.4 Å². The van der Waals surface area contributed by atoms with E-state index in [0.29, 0.717) is 43.6 Å². The number of rotatable bonds is 8. The van der Waals surface area contributed by atoms with E-state index in [-0.39, 0.29) is 12.2 Å². The van der Waals surface area contributed by atoms with Gasteiger partial charge in [-0.05, 0) is 40.6 Å². The third-order valence-corrected chi connectivity index (χ3v) is 6.72. The summed E-state index contributed by atoms with van der Waals surface area (Å²) < 4.78 is 16.7. The maximum absolute atomic E-state index is 13.2. The maximum atomic E-state index is 13.2. The first-order valence-electron chi connectivity index (χ1n) is 11.3. The Balaban J connectivity index is 1.71. The highest BCUT2D eigenvalue weighted by molar-refractivity contribution is 6.42. The van der Waals surface area contributed by atoms with Crippen molar-refractivity contribution in [1.82, 2.24) is 0 Å². The van der Waals surface area contributed by atoms with E-state index in [1.54, 1.807) is 18.2 Å². The van der Waals surface area contributed by atoms with Gasteiger partial charge in [-0.25, -0.2) is 0 Å². The highest BCUT2D eigenvalue weighted by Gasteiger charge is 2.17. The minimum atomic E-state index is -0.640. The molecule has 1 amide bonds. The van der Waals surface area contributed by atoms with Crippen molar-refractivity contribution in [3.05, 3.63) is 98.5 Å². The topological polar surface area (TPSA) is 80.6 Å². The van der Waals surface area contributed by atoms with E-state index in [2.05, 4.69) is 5.32 Å². The van der Waals surface area contributed by atoms with Gasteiger partial charge in [0, 0.05) is 17.7 Å². The number of hydrogen-bond acceptors (Lipinski definition) is 5. The van der Waals surface area contributed by atoms with E-state index in [1.807, 2.05) is 42.5 Å². The number of amides is 1. The molecule has 0 bridgehead atoms. The molecule has 0 aromatic heterocycles. The van der Waals surface area contributed by atoms with Crippen molar-refractivity contribution in [2.75, 3.05) is 19.5 Å². The summed E-state index contributed by atoms with van der Waals surface area (Å²) in [7, 11) is 2.91. The van der Waals surface area contributed by atoms with Crippen LogP contribution in [0, 0.1) is 11.3 Å². The van der Waals surface area contributed by atoms with Crippen LogP contribution in [0.25, 0.3) is 16.8 Å². The highest BCUT2D eigenvalue weighted by atomic mass is 35.5. The van der Waals surface area contributed by atoms with Crippen molar-refractivity contribution in [1.29, 1.82) is 5.26 Å². The summed E-state index contributed by atoms with van der Waals surface area (Å²) in [6.45, 7) is 0.200. The van der Waals surface area contributed by atoms with Gasteiger partial charge in [0.2, 0.25) is 0 Å². The first-order chi connectivity index (χ1) is 18.3. The Morgan fingerprint density at radius 3 is 2.37 bits per heavy atom. The van der Waals surface area contributed by atoms with Gasteiger partial charge in [-0.15, -0.1) is 0 Å². The van der Waals surface area contributed by atoms with E-state index in [9.17, 15) is 10.1 Å². The summed E-state index contributed by atoms with van der Waals surface area (Å²) in [6, 6.07) is 21.6. The first-order valence-corrected chi connectivity index (χ1v) is 12.4. The maximum Gasteiger partial charge on any atom is 0.266 e. The lowest BCUT2D eigenvalue weighted by molar-refractivity contribution is -0.112. The molecule has 192 valence electrons. The lowest BCUT2D eigenvalue weighted by Crippen LogP contribution is -2.14. The Hall–Kier alpha value is -3.89. The van der Waals surface area contributed by atoms with Crippen LogP contribution >= 0.6 is 34.8 Å². The zero-order chi connectivity index (χ0) is 27.2. The van der Waals surface area contributed by atoms with Crippen LogP contribution in [0.5, 0.6) is 17.2 Å². The second-order valence-electron chi connectivity index (χ2n) is 8.05. The van der Waals surface area contributed by atoms with Crippen molar-refractivity contribution in [2.24, 2.45) is 0 Å². The molecular weight excluding hydrogens is 547 g/mol. The average molecular weight is 568 g/mol. The predicted octanol–water partition coefficient (Wildman–Crippen LogP) is 7.94. The van der Waals surface area contributed by atoms with E-state index in [4.69, 9.17) is 49.0 Å². The van der Waals surface area contributed by atoms with E-state index < -0.39 is 5.91 Å². The highest BCUT2D eigenvalue weighted by Crippen LogP contribution is 2.36. The molecule has 6 nitrogen and oxygen atoms in total. The van der Waals surface area contributed by atoms with Gasteiger partial charge in [-0.2, -0.15) is 5.26 Å². The monoisotopic (exact) mass is 566 g/mol. The van der Waals surface area contributed by atoms with Crippen LogP contribution in [0.4, 0.5) is 5.69 Å². The summed E-state index contributed by atoms with van der Waals surface area (Å²) in [5, 5.41) is 15.5. The van der Waals surface area contributed by atoms with Crippen LogP contribution in [-0.4, -0.2) is 20.1 Å². The number of nitrogens with one attached hydrogen (secondary N) is 1. The number of ether oxygens (including phenoxy) is 3. The van der Waals surface area contributed by atoms with E-state index in [1.165, 1.54) is 32.4 Å². The molecule has 0 fully saturated rings. The molecule has 0 heterocycles. The molecule has 0 aliphatic carbocycles. The van der Waals surface area contributed by atoms with Gasteiger partial charge in [-0.3, -0.25) is 4.79 Å². The largest absolute Gasteiger partial charge is 0.495 e. The van der Waals surface area contributed by atoms with Crippen molar-refractivity contribution in [3.63, 3.8) is 0 Å². The second-order valence-corrected chi connectivity index (χ2v) is 9.27. The predicted molar refractivity (Wildman–Crippen MR) is 152 cm³/mol. The number of fused-ring (bicyclic) bond motifs is 1. The van der Waals surface area contributed by atoms with Gasteiger partial charge in [0.15, 0.2) is 0 Å². The summed E-state index contributed by atoms with van der Waals surface area (Å²) in [4.78, 5) is 13.2. The number of carbonyl (C=O) groups is 1. The zero-order valence-corrected chi connectivity index (χ0v) is 22.6. The standard InChI is InChI=1S/C29H21Cl3N2O4/c1-36-27-14-25(28(37-2)13-24(27)32)34-29(35)19(15-33)12-21-20-6-4-3-5-18(20)8-10-26(21)38-16-17-7-9-22(30)23(31)11-17/h3-14H,16H2,1-2H3,(H,34,35)/b19-12+. The van der Waals surface area contributed by atoms with Gasteiger partial charge in [0.1, 0.15) is 35.5 Å². The van der Waals surface area contributed by atoms with Crippen LogP contribution < -0.4 is 19.5 Å². The Morgan fingerprint density at radius 1 is 0.895 bits per heavy atom. The third-order valence-electron chi connectivity index (χ3n) is 5.68. The number of methoxy groups -OCH3 is 2. The van der Waals surface area contributed by atoms with E-state index in [0.717, 1.165) is 16.3 Å². The van der Waals surface area contributed by atoms with Gasteiger partial charge in [-0.1, -0.05) is 71.2 Å². The molecule has 0 unspecified atom stereocenters. The molecule has 0 aliphatic heterocycles. The summed E-state index contributed by atoms with van der Waals surface area (Å²) in [5.41, 5.74) is 1.55. The molecule has 4 aromatic carbocycles. The molecule has 38 heavy (non-hydrogen) atoms. The van der Waals surface area contributed by atoms with Crippen LogP contribution in [0.2, 0.25) is 15.1 Å². The van der Waals surface area contributed by atoms with Gasteiger partial charge in [0.05, 0.1) is 35.0 Å². The smallest absolute Gasteiger partial charge is 0.266 e. The van der Waals surface area contributed by atoms with Gasteiger partial charge < -0.3 is 19.5 Å². The number of anilines is 1. The van der Waals surface area contributed by atoms with Crippen molar-refractivity contribution >= 4 is 63.2 Å². The molecule has 4 aromatic rings. The minimum Gasteiger partial charge on any atom is -0.495 e. The molecule has 9 heteroatoms. The SMILES string of the molecule is COc1cc(NC(=O)/C(C#N)=C/c2c(OCc3ccc(Cl)c(Cl)c3)ccc3ccccc23)c(OC)cc1Cl. The Bertz CT molecular complexity index is 1600. The Labute approximate surface area is 234 Å². The quantitative estimate of drug-likeness (QED) is 0.173. The molecule has 0 aliphatic rings. The Kier molecular flexibility index (Phi) is 8.65. The summed E-state index contributed by atoms with van der Waals surface area (Å²) in [6.07, 6.45) is 1.50. The zero-order valence-electron chi connectivity index (χ0n) is 20.3. The fourth-order valence-corrected chi connectivity index (χ4v) is 4.33. The summed E-state index contributed by atoms with van der Waals surface area (Å²) in [5.74, 6) is 0.508. The van der Waals surface area contributed by atoms with Crippen molar-refractivity contribution in [2.45, 2.75) is 6.61 Å². The normalized spacial score (nSPS) is 11.1. The van der Waals surface area contributed by atoms with Gasteiger partial charge >= 0.3 is 0 Å². The first kappa shape index (κ1) is 27.2.